The van der Waals surface area contributed by atoms with Crippen molar-refractivity contribution in [1.82, 2.24) is 4.98 Å². The summed E-state index contributed by atoms with van der Waals surface area (Å²) in [4.78, 5) is 29.1. The highest BCUT2D eigenvalue weighted by molar-refractivity contribution is 9.10. The number of anilines is 1. The largest absolute Gasteiger partial charge is 0.463 e. The molecule has 98 valence electrons. The maximum absolute atomic E-state index is 12.7. The Balaban J connectivity index is 1.97. The summed E-state index contributed by atoms with van der Waals surface area (Å²) in [6.45, 7) is 0. The monoisotopic (exact) mass is 330 g/mol. The van der Waals surface area contributed by atoms with Crippen molar-refractivity contribution in [2.45, 2.75) is 5.60 Å². The topological polar surface area (TPSA) is 68.3 Å². The molecule has 0 radical (unpaired) electrons. The predicted octanol–water partition coefficient (Wildman–Crippen LogP) is 2.27. The van der Waals surface area contributed by atoms with E-state index in [0.29, 0.717) is 22.7 Å². The molecular weight excluding hydrogens is 324 g/mol. The number of ketones is 1. The zero-order valence-corrected chi connectivity index (χ0v) is 11.6. The summed E-state index contributed by atoms with van der Waals surface area (Å²) < 4.78 is 6.50. The lowest BCUT2D eigenvalue weighted by atomic mass is 9.90. The Kier molecular flexibility index (Phi) is 2.13. The lowest BCUT2D eigenvalue weighted by Crippen LogP contribution is -2.43. The molecule has 6 heteroatoms. The molecular formula is C14H7BrN2O3. The van der Waals surface area contributed by atoms with Gasteiger partial charge < -0.3 is 10.1 Å². The highest BCUT2D eigenvalue weighted by atomic mass is 79.9. The third-order valence-electron chi connectivity index (χ3n) is 3.51. The molecule has 2 aliphatic heterocycles. The lowest BCUT2D eigenvalue weighted by molar-refractivity contribution is -0.126. The molecule has 1 aromatic carbocycles. The number of hydrogen-bond acceptors (Lipinski definition) is 4. The smallest absolute Gasteiger partial charge is 0.282 e. The van der Waals surface area contributed by atoms with E-state index in [1.54, 1.807) is 36.5 Å². The first kappa shape index (κ1) is 11.6. The summed E-state index contributed by atoms with van der Waals surface area (Å²) in [6, 6.07) is 8.46. The minimum absolute atomic E-state index is 0.363. The van der Waals surface area contributed by atoms with Crippen molar-refractivity contribution in [3.63, 3.8) is 0 Å². The molecule has 0 bridgehead atoms. The van der Waals surface area contributed by atoms with Gasteiger partial charge in [-0.1, -0.05) is 15.9 Å². The Morgan fingerprint density at radius 1 is 1.25 bits per heavy atom. The quantitative estimate of drug-likeness (QED) is 0.752. The number of nitrogens with zero attached hydrogens (tertiary/aromatic N) is 1. The summed E-state index contributed by atoms with van der Waals surface area (Å²) in [5, 5.41) is 2.60. The summed E-state index contributed by atoms with van der Waals surface area (Å²) in [7, 11) is 0. The van der Waals surface area contributed by atoms with Crippen molar-refractivity contribution in [3.8, 4) is 5.75 Å². The Hall–Kier alpha value is -2.21. The van der Waals surface area contributed by atoms with Gasteiger partial charge >= 0.3 is 0 Å². The molecule has 1 aromatic heterocycles. The average molecular weight is 331 g/mol. The van der Waals surface area contributed by atoms with Crippen LogP contribution in [0.3, 0.4) is 0 Å². The van der Waals surface area contributed by atoms with E-state index in [1.165, 1.54) is 0 Å². The van der Waals surface area contributed by atoms with Crippen LogP contribution in [0.2, 0.25) is 0 Å². The Labute approximate surface area is 122 Å². The lowest BCUT2D eigenvalue weighted by Gasteiger charge is -2.18. The molecule has 3 heterocycles. The zero-order valence-electron chi connectivity index (χ0n) is 10.0. The summed E-state index contributed by atoms with van der Waals surface area (Å²) in [5.41, 5.74) is -0.777. The van der Waals surface area contributed by atoms with Gasteiger partial charge in [0.25, 0.3) is 11.5 Å². The fourth-order valence-electron chi connectivity index (χ4n) is 2.60. The molecule has 0 saturated carbocycles. The van der Waals surface area contributed by atoms with E-state index in [2.05, 4.69) is 26.2 Å². The van der Waals surface area contributed by atoms with Crippen LogP contribution in [0.4, 0.5) is 5.82 Å². The number of rotatable bonds is 0. The summed E-state index contributed by atoms with van der Waals surface area (Å²) in [6.07, 6.45) is 1.56. The number of Topliss-reactive ketones (excluding diaryl/α,β-unsaturated/α-hetero) is 1. The van der Waals surface area contributed by atoms with E-state index in [4.69, 9.17) is 4.74 Å². The molecule has 4 rings (SSSR count). The van der Waals surface area contributed by atoms with Crippen LogP contribution in [-0.4, -0.2) is 16.7 Å². The van der Waals surface area contributed by atoms with Crippen LogP contribution < -0.4 is 10.1 Å². The van der Waals surface area contributed by atoms with E-state index in [0.717, 1.165) is 4.47 Å². The molecule has 20 heavy (non-hydrogen) atoms. The third kappa shape index (κ3) is 1.24. The van der Waals surface area contributed by atoms with Crippen LogP contribution >= 0.6 is 15.9 Å². The van der Waals surface area contributed by atoms with E-state index in [-0.39, 0.29) is 5.78 Å². The Morgan fingerprint density at radius 2 is 2.10 bits per heavy atom. The molecule has 1 spiro atoms. The van der Waals surface area contributed by atoms with Crippen LogP contribution in [0.1, 0.15) is 15.9 Å². The van der Waals surface area contributed by atoms with Gasteiger partial charge in [-0.15, -0.1) is 0 Å². The van der Waals surface area contributed by atoms with Gasteiger partial charge in [0.15, 0.2) is 0 Å². The fraction of sp³-hybridized carbons (Fsp3) is 0.0714. The van der Waals surface area contributed by atoms with Crippen molar-refractivity contribution in [2.75, 3.05) is 5.32 Å². The van der Waals surface area contributed by atoms with Gasteiger partial charge in [-0.25, -0.2) is 4.98 Å². The van der Waals surface area contributed by atoms with Crippen molar-refractivity contribution in [2.24, 2.45) is 0 Å². The van der Waals surface area contributed by atoms with E-state index in [9.17, 15) is 9.59 Å². The first-order valence-corrected chi connectivity index (χ1v) is 6.72. The molecule has 0 fully saturated rings. The van der Waals surface area contributed by atoms with Crippen LogP contribution in [0.15, 0.2) is 41.0 Å². The van der Waals surface area contributed by atoms with E-state index >= 15 is 0 Å². The Bertz CT molecular complexity index is 790. The minimum atomic E-state index is -1.63. The number of benzene rings is 1. The fourth-order valence-corrected chi connectivity index (χ4v) is 2.96. The van der Waals surface area contributed by atoms with E-state index < -0.39 is 11.5 Å². The second kappa shape index (κ2) is 3.67. The molecule has 1 unspecified atom stereocenters. The number of aromatic nitrogens is 1. The average Bonchev–Trinajstić information content (AvgIpc) is 2.89. The second-order valence-electron chi connectivity index (χ2n) is 4.61. The maximum Gasteiger partial charge on any atom is 0.282 e. The standard InChI is InChI=1S/C14H7BrN2O3/c15-7-3-4-10-8(6-7)11(18)14(20-10)9-2-1-5-16-12(9)17-13(14)19/h1-6H,(H,16,17,19). The number of ether oxygens (including phenoxy) is 1. The van der Waals surface area contributed by atoms with Gasteiger partial charge in [0.2, 0.25) is 5.78 Å². The normalized spacial score (nSPS) is 22.4. The molecule has 0 aliphatic carbocycles. The number of carbonyl (C=O) groups is 2. The first-order chi connectivity index (χ1) is 9.63. The highest BCUT2D eigenvalue weighted by Crippen LogP contribution is 2.47. The SMILES string of the molecule is O=C1Nc2ncccc2C12Oc1ccc(Br)cc1C2=O. The van der Waals surface area contributed by atoms with Crippen LogP contribution in [0.5, 0.6) is 5.75 Å². The van der Waals surface area contributed by atoms with Gasteiger partial charge in [0.05, 0.1) is 11.1 Å². The van der Waals surface area contributed by atoms with Crippen molar-refractivity contribution in [1.29, 1.82) is 0 Å². The van der Waals surface area contributed by atoms with Crippen LogP contribution in [-0.2, 0) is 10.4 Å². The molecule has 5 nitrogen and oxygen atoms in total. The number of carbonyl (C=O) groups excluding carboxylic acids is 2. The van der Waals surface area contributed by atoms with Crippen molar-refractivity contribution < 1.29 is 14.3 Å². The summed E-state index contributed by atoms with van der Waals surface area (Å²) >= 11 is 3.32. The third-order valence-corrected chi connectivity index (χ3v) is 4.00. The van der Waals surface area contributed by atoms with Gasteiger partial charge in [-0.2, -0.15) is 0 Å². The van der Waals surface area contributed by atoms with Gasteiger partial charge in [0, 0.05) is 10.7 Å². The van der Waals surface area contributed by atoms with Gasteiger partial charge in [-0.3, -0.25) is 9.59 Å². The van der Waals surface area contributed by atoms with Crippen LogP contribution in [0, 0.1) is 0 Å². The number of amides is 1. The molecule has 2 aliphatic rings. The van der Waals surface area contributed by atoms with Gasteiger partial charge in [0.1, 0.15) is 11.6 Å². The predicted molar refractivity (Wildman–Crippen MR) is 73.6 cm³/mol. The maximum atomic E-state index is 12.7. The number of nitrogens with one attached hydrogen (secondary N) is 1. The molecule has 1 N–H and O–H groups in total. The first-order valence-electron chi connectivity index (χ1n) is 5.93. The number of halogens is 1. The van der Waals surface area contributed by atoms with Gasteiger partial charge in [-0.05, 0) is 30.3 Å². The van der Waals surface area contributed by atoms with E-state index in [1.807, 2.05) is 0 Å². The number of fused-ring (bicyclic) bond motifs is 3. The van der Waals surface area contributed by atoms with Crippen molar-refractivity contribution in [3.05, 3.63) is 52.1 Å². The summed E-state index contributed by atoms with van der Waals surface area (Å²) in [5.74, 6) is -0.0793. The van der Waals surface area contributed by atoms with Crippen LogP contribution in [0.25, 0.3) is 0 Å². The molecule has 0 saturated heterocycles. The minimum Gasteiger partial charge on any atom is -0.463 e. The van der Waals surface area contributed by atoms with Crippen molar-refractivity contribution >= 4 is 33.4 Å². The molecule has 1 atom stereocenters. The number of hydrogen-bond donors (Lipinski definition) is 1. The molecule has 2 aromatic rings. The Morgan fingerprint density at radius 3 is 2.95 bits per heavy atom. The second-order valence-corrected chi connectivity index (χ2v) is 5.52. The molecule has 1 amide bonds. The zero-order chi connectivity index (χ0) is 13.9. The number of pyridine rings is 1. The highest BCUT2D eigenvalue weighted by Gasteiger charge is 2.60.